The Morgan fingerprint density at radius 2 is 2.18 bits per heavy atom. The molecule has 1 atom stereocenters. The molecule has 0 spiro atoms. The van der Waals surface area contributed by atoms with Gasteiger partial charge < -0.3 is 4.90 Å². The molecule has 0 radical (unpaired) electrons. The van der Waals surface area contributed by atoms with Gasteiger partial charge in [0.15, 0.2) is 0 Å². The van der Waals surface area contributed by atoms with Crippen LogP contribution in [-0.4, -0.2) is 24.5 Å². The maximum Gasteiger partial charge on any atom is 0.000750 e. The van der Waals surface area contributed by atoms with Crippen LogP contribution in [-0.2, 0) is 0 Å². The van der Waals surface area contributed by atoms with Gasteiger partial charge in [-0.15, -0.1) is 0 Å². The Hall–Kier alpha value is -0.0400. The maximum atomic E-state index is 2.61. The van der Waals surface area contributed by atoms with Crippen LogP contribution in [0.3, 0.4) is 0 Å². The molecule has 0 aliphatic carbocycles. The van der Waals surface area contributed by atoms with Gasteiger partial charge in [-0.3, -0.25) is 0 Å². The lowest BCUT2D eigenvalue weighted by atomic mass is 10.2. The molecule has 0 saturated carbocycles. The molecular formula is C10H21N. The first-order chi connectivity index (χ1) is 5.33. The first-order valence-electron chi connectivity index (χ1n) is 5.05. The van der Waals surface area contributed by atoms with Crippen LogP contribution in [0.2, 0.25) is 0 Å². The van der Waals surface area contributed by atoms with Crippen molar-refractivity contribution in [2.45, 2.75) is 39.5 Å². The molecule has 11 heavy (non-hydrogen) atoms. The van der Waals surface area contributed by atoms with Crippen molar-refractivity contribution < 1.29 is 0 Å². The van der Waals surface area contributed by atoms with E-state index in [4.69, 9.17) is 0 Å². The number of rotatable bonds is 4. The lowest BCUT2D eigenvalue weighted by Crippen LogP contribution is -2.21. The topological polar surface area (TPSA) is 3.24 Å². The molecule has 1 fully saturated rings. The highest BCUT2D eigenvalue weighted by atomic mass is 15.1. The van der Waals surface area contributed by atoms with Crippen molar-refractivity contribution >= 4 is 0 Å². The number of hydrogen-bond acceptors (Lipinski definition) is 1. The average molecular weight is 155 g/mol. The molecule has 0 N–H and O–H groups in total. The molecule has 0 aromatic carbocycles. The highest BCUT2D eigenvalue weighted by Gasteiger charge is 2.16. The zero-order valence-corrected chi connectivity index (χ0v) is 7.97. The van der Waals surface area contributed by atoms with Crippen LogP contribution >= 0.6 is 0 Å². The van der Waals surface area contributed by atoms with Gasteiger partial charge in [-0.1, -0.05) is 26.7 Å². The minimum Gasteiger partial charge on any atom is -0.303 e. The lowest BCUT2D eigenvalue weighted by molar-refractivity contribution is 0.319. The Morgan fingerprint density at radius 1 is 1.36 bits per heavy atom. The van der Waals surface area contributed by atoms with E-state index >= 15 is 0 Å². The van der Waals surface area contributed by atoms with Crippen molar-refractivity contribution in [1.29, 1.82) is 0 Å². The van der Waals surface area contributed by atoms with Gasteiger partial charge in [-0.05, 0) is 31.8 Å². The van der Waals surface area contributed by atoms with E-state index in [0.717, 1.165) is 5.92 Å². The van der Waals surface area contributed by atoms with E-state index in [1.165, 1.54) is 45.3 Å². The molecule has 1 aliphatic rings. The van der Waals surface area contributed by atoms with Crippen LogP contribution < -0.4 is 0 Å². The second kappa shape index (κ2) is 4.76. The van der Waals surface area contributed by atoms with E-state index in [1.807, 2.05) is 0 Å². The van der Waals surface area contributed by atoms with E-state index in [1.54, 1.807) is 0 Å². The minimum absolute atomic E-state index is 0.955. The van der Waals surface area contributed by atoms with Crippen LogP contribution in [0.15, 0.2) is 0 Å². The summed E-state index contributed by atoms with van der Waals surface area (Å²) in [5, 5.41) is 0. The average Bonchev–Trinajstić information content (AvgIpc) is 2.37. The maximum absolute atomic E-state index is 2.61. The molecule has 1 rings (SSSR count). The van der Waals surface area contributed by atoms with E-state index in [-0.39, 0.29) is 0 Å². The van der Waals surface area contributed by atoms with Gasteiger partial charge in [0.1, 0.15) is 0 Å². The molecular weight excluding hydrogens is 134 g/mol. The minimum atomic E-state index is 0.955. The third kappa shape index (κ3) is 3.24. The second-order valence-corrected chi connectivity index (χ2v) is 3.90. The van der Waals surface area contributed by atoms with Gasteiger partial charge in [0.05, 0.1) is 0 Å². The van der Waals surface area contributed by atoms with E-state index < -0.39 is 0 Å². The summed E-state index contributed by atoms with van der Waals surface area (Å²) in [5.41, 5.74) is 0. The van der Waals surface area contributed by atoms with Crippen LogP contribution in [0.5, 0.6) is 0 Å². The van der Waals surface area contributed by atoms with Crippen LogP contribution in [0.25, 0.3) is 0 Å². The number of hydrogen-bond donors (Lipinski definition) is 0. The Bertz CT molecular complexity index is 101. The molecule has 1 aliphatic heterocycles. The molecule has 1 heteroatoms. The van der Waals surface area contributed by atoms with Gasteiger partial charge in [0.2, 0.25) is 0 Å². The standard InChI is InChI=1S/C10H21N/c1-3-4-5-7-11-8-6-10(2)9-11/h10H,3-9H2,1-2H3. The molecule has 1 nitrogen and oxygen atoms in total. The monoisotopic (exact) mass is 155 g/mol. The van der Waals surface area contributed by atoms with E-state index in [2.05, 4.69) is 18.7 Å². The Morgan fingerprint density at radius 3 is 2.73 bits per heavy atom. The summed E-state index contributed by atoms with van der Waals surface area (Å²) >= 11 is 0. The van der Waals surface area contributed by atoms with Crippen molar-refractivity contribution in [3.63, 3.8) is 0 Å². The van der Waals surface area contributed by atoms with Gasteiger partial charge in [0.25, 0.3) is 0 Å². The van der Waals surface area contributed by atoms with Crippen LogP contribution in [0.1, 0.15) is 39.5 Å². The molecule has 0 amide bonds. The SMILES string of the molecule is CCCCCN1CCC(C)C1. The first kappa shape index (κ1) is 9.05. The molecule has 1 saturated heterocycles. The van der Waals surface area contributed by atoms with Crippen molar-refractivity contribution in [1.82, 2.24) is 4.90 Å². The molecule has 0 bridgehead atoms. The number of unbranched alkanes of at least 4 members (excludes halogenated alkanes) is 2. The third-order valence-corrected chi connectivity index (χ3v) is 2.59. The summed E-state index contributed by atoms with van der Waals surface area (Å²) in [6.07, 6.45) is 5.59. The van der Waals surface area contributed by atoms with Gasteiger partial charge in [0, 0.05) is 6.54 Å². The number of nitrogens with zero attached hydrogens (tertiary/aromatic N) is 1. The van der Waals surface area contributed by atoms with Gasteiger partial charge in [-0.2, -0.15) is 0 Å². The first-order valence-corrected chi connectivity index (χ1v) is 5.05. The fraction of sp³-hybridized carbons (Fsp3) is 1.00. The summed E-state index contributed by atoms with van der Waals surface area (Å²) in [4.78, 5) is 2.61. The summed E-state index contributed by atoms with van der Waals surface area (Å²) in [6, 6.07) is 0. The Labute approximate surface area is 70.8 Å². The summed E-state index contributed by atoms with van der Waals surface area (Å²) in [5.74, 6) is 0.955. The predicted octanol–water partition coefficient (Wildman–Crippen LogP) is 2.52. The number of likely N-dealkylation sites (tertiary alicyclic amines) is 1. The Kier molecular flexibility index (Phi) is 3.92. The summed E-state index contributed by atoms with van der Waals surface area (Å²) in [7, 11) is 0. The predicted molar refractivity (Wildman–Crippen MR) is 49.7 cm³/mol. The zero-order valence-electron chi connectivity index (χ0n) is 7.97. The molecule has 66 valence electrons. The van der Waals surface area contributed by atoms with Crippen molar-refractivity contribution in [2.24, 2.45) is 5.92 Å². The Balaban J connectivity index is 1.99. The zero-order chi connectivity index (χ0) is 8.10. The van der Waals surface area contributed by atoms with Crippen molar-refractivity contribution in [3.8, 4) is 0 Å². The van der Waals surface area contributed by atoms with E-state index in [0.29, 0.717) is 0 Å². The molecule has 0 aromatic heterocycles. The quantitative estimate of drug-likeness (QED) is 0.564. The fourth-order valence-corrected chi connectivity index (χ4v) is 1.81. The molecule has 0 aromatic rings. The third-order valence-electron chi connectivity index (χ3n) is 2.59. The molecule has 1 heterocycles. The normalized spacial score (nSPS) is 26.2. The largest absolute Gasteiger partial charge is 0.303 e. The fourth-order valence-electron chi connectivity index (χ4n) is 1.81. The lowest BCUT2D eigenvalue weighted by Gasteiger charge is -2.14. The van der Waals surface area contributed by atoms with Crippen molar-refractivity contribution in [2.75, 3.05) is 19.6 Å². The summed E-state index contributed by atoms with van der Waals surface area (Å²) in [6.45, 7) is 8.68. The highest BCUT2D eigenvalue weighted by molar-refractivity contribution is 4.71. The second-order valence-electron chi connectivity index (χ2n) is 3.90. The van der Waals surface area contributed by atoms with Gasteiger partial charge in [-0.25, -0.2) is 0 Å². The van der Waals surface area contributed by atoms with E-state index in [9.17, 15) is 0 Å². The molecule has 1 unspecified atom stereocenters. The van der Waals surface area contributed by atoms with Gasteiger partial charge >= 0.3 is 0 Å². The summed E-state index contributed by atoms with van der Waals surface area (Å²) < 4.78 is 0. The van der Waals surface area contributed by atoms with Crippen LogP contribution in [0, 0.1) is 5.92 Å². The van der Waals surface area contributed by atoms with Crippen LogP contribution in [0.4, 0.5) is 0 Å². The highest BCUT2D eigenvalue weighted by Crippen LogP contribution is 2.15. The smallest absolute Gasteiger partial charge is 0.000750 e. The van der Waals surface area contributed by atoms with Crippen molar-refractivity contribution in [3.05, 3.63) is 0 Å².